The molecule has 0 aliphatic carbocycles. The third kappa shape index (κ3) is 2.80. The van der Waals surface area contributed by atoms with E-state index in [0.29, 0.717) is 18.2 Å². The fourth-order valence-corrected chi connectivity index (χ4v) is 2.02. The maximum Gasteiger partial charge on any atom is 0.130 e. The summed E-state index contributed by atoms with van der Waals surface area (Å²) in [5.41, 5.74) is 1.44. The standard InChI is InChI=1S/C13H18FNO/c1-10-4-2-5-11(13(10)14)8-15-9-12-6-3-7-16-12/h2,4-5,12,15H,3,6-9H2,1H3. The second kappa shape index (κ2) is 5.41. The van der Waals surface area contributed by atoms with Crippen molar-refractivity contribution in [3.05, 3.63) is 35.1 Å². The molecule has 1 atom stereocenters. The number of rotatable bonds is 4. The lowest BCUT2D eigenvalue weighted by Gasteiger charge is -2.11. The highest BCUT2D eigenvalue weighted by molar-refractivity contribution is 5.24. The molecular weight excluding hydrogens is 205 g/mol. The lowest BCUT2D eigenvalue weighted by atomic mass is 10.1. The van der Waals surface area contributed by atoms with Crippen LogP contribution in [-0.2, 0) is 11.3 Å². The van der Waals surface area contributed by atoms with E-state index in [2.05, 4.69) is 5.32 Å². The van der Waals surface area contributed by atoms with Crippen molar-refractivity contribution >= 4 is 0 Å². The van der Waals surface area contributed by atoms with Crippen molar-refractivity contribution in [1.82, 2.24) is 5.32 Å². The van der Waals surface area contributed by atoms with E-state index in [1.807, 2.05) is 12.1 Å². The molecule has 0 radical (unpaired) electrons. The van der Waals surface area contributed by atoms with Crippen LogP contribution in [0.4, 0.5) is 4.39 Å². The second-order valence-electron chi connectivity index (χ2n) is 4.31. The van der Waals surface area contributed by atoms with Gasteiger partial charge in [-0.05, 0) is 25.3 Å². The SMILES string of the molecule is Cc1cccc(CNCC2CCCO2)c1F. The Labute approximate surface area is 95.8 Å². The number of aryl methyl sites for hydroxylation is 1. The first-order chi connectivity index (χ1) is 7.77. The molecule has 1 fully saturated rings. The smallest absolute Gasteiger partial charge is 0.130 e. The Morgan fingerprint density at radius 2 is 2.38 bits per heavy atom. The Bertz CT molecular complexity index is 348. The summed E-state index contributed by atoms with van der Waals surface area (Å²) in [7, 11) is 0. The van der Waals surface area contributed by atoms with Crippen molar-refractivity contribution in [3.8, 4) is 0 Å². The predicted molar refractivity (Wildman–Crippen MR) is 61.8 cm³/mol. The Kier molecular flexibility index (Phi) is 3.91. The predicted octanol–water partition coefficient (Wildman–Crippen LogP) is 2.40. The summed E-state index contributed by atoms with van der Waals surface area (Å²) < 4.78 is 19.1. The van der Waals surface area contributed by atoms with Gasteiger partial charge in [0.25, 0.3) is 0 Å². The fourth-order valence-electron chi connectivity index (χ4n) is 2.02. The highest BCUT2D eigenvalue weighted by Gasteiger charge is 2.14. The van der Waals surface area contributed by atoms with E-state index < -0.39 is 0 Å². The maximum absolute atomic E-state index is 13.6. The minimum absolute atomic E-state index is 0.0951. The first-order valence-corrected chi connectivity index (χ1v) is 5.83. The van der Waals surface area contributed by atoms with Gasteiger partial charge in [0.1, 0.15) is 5.82 Å². The zero-order valence-corrected chi connectivity index (χ0v) is 9.63. The molecular formula is C13H18FNO. The lowest BCUT2D eigenvalue weighted by molar-refractivity contribution is 0.110. The fraction of sp³-hybridized carbons (Fsp3) is 0.538. The van der Waals surface area contributed by atoms with E-state index in [-0.39, 0.29) is 5.82 Å². The molecule has 0 spiro atoms. The summed E-state index contributed by atoms with van der Waals surface area (Å²) in [6, 6.07) is 5.51. The summed E-state index contributed by atoms with van der Waals surface area (Å²) >= 11 is 0. The highest BCUT2D eigenvalue weighted by Crippen LogP contribution is 2.13. The molecule has 1 N–H and O–H groups in total. The van der Waals surface area contributed by atoms with E-state index in [9.17, 15) is 4.39 Å². The summed E-state index contributed by atoms with van der Waals surface area (Å²) in [5.74, 6) is -0.0951. The van der Waals surface area contributed by atoms with Crippen molar-refractivity contribution < 1.29 is 9.13 Å². The van der Waals surface area contributed by atoms with Gasteiger partial charge < -0.3 is 10.1 Å². The van der Waals surface area contributed by atoms with Crippen molar-refractivity contribution in [2.45, 2.75) is 32.4 Å². The summed E-state index contributed by atoms with van der Waals surface area (Å²) in [6.45, 7) is 4.05. The molecule has 3 heteroatoms. The second-order valence-corrected chi connectivity index (χ2v) is 4.31. The molecule has 0 aromatic heterocycles. The lowest BCUT2D eigenvalue weighted by Crippen LogP contribution is -2.26. The number of hydrogen-bond donors (Lipinski definition) is 1. The molecule has 1 aromatic rings. The molecule has 0 amide bonds. The molecule has 0 saturated carbocycles. The van der Waals surface area contributed by atoms with Crippen molar-refractivity contribution in [2.24, 2.45) is 0 Å². The molecule has 1 saturated heterocycles. The maximum atomic E-state index is 13.6. The van der Waals surface area contributed by atoms with Gasteiger partial charge in [-0.3, -0.25) is 0 Å². The van der Waals surface area contributed by atoms with Crippen LogP contribution in [0.2, 0.25) is 0 Å². The van der Waals surface area contributed by atoms with Crippen LogP contribution in [-0.4, -0.2) is 19.3 Å². The number of ether oxygens (including phenoxy) is 1. The Balaban J connectivity index is 1.82. The average molecular weight is 223 g/mol. The molecule has 2 nitrogen and oxygen atoms in total. The molecule has 1 aliphatic rings. The monoisotopic (exact) mass is 223 g/mol. The molecule has 1 aliphatic heterocycles. The Hall–Kier alpha value is -0.930. The van der Waals surface area contributed by atoms with Crippen molar-refractivity contribution in [1.29, 1.82) is 0 Å². The van der Waals surface area contributed by atoms with Crippen LogP contribution in [0.3, 0.4) is 0 Å². The van der Waals surface area contributed by atoms with Crippen LogP contribution in [0.15, 0.2) is 18.2 Å². The molecule has 1 aromatic carbocycles. The van der Waals surface area contributed by atoms with Gasteiger partial charge in [-0.25, -0.2) is 4.39 Å². The third-order valence-electron chi connectivity index (χ3n) is 2.98. The quantitative estimate of drug-likeness (QED) is 0.846. The van der Waals surface area contributed by atoms with Crippen LogP contribution in [0, 0.1) is 12.7 Å². The van der Waals surface area contributed by atoms with Crippen LogP contribution in [0.5, 0.6) is 0 Å². The van der Waals surface area contributed by atoms with E-state index in [1.54, 1.807) is 13.0 Å². The van der Waals surface area contributed by atoms with E-state index in [4.69, 9.17) is 4.74 Å². The minimum Gasteiger partial charge on any atom is -0.377 e. The Morgan fingerprint density at radius 3 is 3.12 bits per heavy atom. The normalized spacial score (nSPS) is 20.2. The third-order valence-corrected chi connectivity index (χ3v) is 2.98. The minimum atomic E-state index is -0.0951. The van der Waals surface area contributed by atoms with Gasteiger partial charge in [-0.1, -0.05) is 18.2 Å². The van der Waals surface area contributed by atoms with Crippen LogP contribution in [0.1, 0.15) is 24.0 Å². The van der Waals surface area contributed by atoms with Gasteiger partial charge in [-0.15, -0.1) is 0 Å². The molecule has 0 bridgehead atoms. The molecule has 16 heavy (non-hydrogen) atoms. The first-order valence-electron chi connectivity index (χ1n) is 5.83. The van der Waals surface area contributed by atoms with Gasteiger partial charge in [0.2, 0.25) is 0 Å². The van der Waals surface area contributed by atoms with E-state index >= 15 is 0 Å². The van der Waals surface area contributed by atoms with Crippen molar-refractivity contribution in [3.63, 3.8) is 0 Å². The molecule has 88 valence electrons. The number of hydrogen-bond acceptors (Lipinski definition) is 2. The molecule has 2 rings (SSSR count). The summed E-state index contributed by atoms with van der Waals surface area (Å²) in [6.07, 6.45) is 2.57. The number of nitrogens with one attached hydrogen (secondary N) is 1. The van der Waals surface area contributed by atoms with Gasteiger partial charge in [0.05, 0.1) is 6.10 Å². The number of benzene rings is 1. The Morgan fingerprint density at radius 1 is 1.50 bits per heavy atom. The zero-order chi connectivity index (χ0) is 11.4. The van der Waals surface area contributed by atoms with Crippen molar-refractivity contribution in [2.75, 3.05) is 13.2 Å². The highest BCUT2D eigenvalue weighted by atomic mass is 19.1. The van der Waals surface area contributed by atoms with Crippen LogP contribution >= 0.6 is 0 Å². The van der Waals surface area contributed by atoms with E-state index in [1.165, 1.54) is 0 Å². The topological polar surface area (TPSA) is 21.3 Å². The molecule has 1 unspecified atom stereocenters. The molecule has 1 heterocycles. The van der Waals surface area contributed by atoms with Gasteiger partial charge in [0.15, 0.2) is 0 Å². The summed E-state index contributed by atoms with van der Waals surface area (Å²) in [4.78, 5) is 0. The van der Waals surface area contributed by atoms with Crippen LogP contribution in [0.25, 0.3) is 0 Å². The van der Waals surface area contributed by atoms with Gasteiger partial charge in [0, 0.05) is 25.3 Å². The van der Waals surface area contributed by atoms with Gasteiger partial charge >= 0.3 is 0 Å². The number of halogens is 1. The average Bonchev–Trinajstić information content (AvgIpc) is 2.77. The van der Waals surface area contributed by atoms with Crippen LogP contribution < -0.4 is 5.32 Å². The summed E-state index contributed by atoms with van der Waals surface area (Å²) in [5, 5.41) is 3.25. The first kappa shape index (κ1) is 11.6. The zero-order valence-electron chi connectivity index (χ0n) is 9.63. The van der Waals surface area contributed by atoms with E-state index in [0.717, 1.165) is 31.6 Å². The van der Waals surface area contributed by atoms with Gasteiger partial charge in [-0.2, -0.15) is 0 Å². The largest absolute Gasteiger partial charge is 0.377 e.